The number of alkyl halides is 2. The molecule has 110 valence electrons. The first-order valence-corrected chi connectivity index (χ1v) is 6.72. The molecule has 0 saturated heterocycles. The summed E-state index contributed by atoms with van der Waals surface area (Å²) < 4.78 is 39.0. The number of nitrogens with zero attached hydrogens (tertiary/aromatic N) is 2. The number of thioether (sulfide) groups is 1. The lowest BCUT2D eigenvalue weighted by Crippen LogP contribution is -2.09. The van der Waals surface area contributed by atoms with Crippen molar-refractivity contribution in [3.63, 3.8) is 0 Å². The first kappa shape index (κ1) is 15.3. The van der Waals surface area contributed by atoms with Crippen LogP contribution in [0.5, 0.6) is 0 Å². The summed E-state index contributed by atoms with van der Waals surface area (Å²) in [5.41, 5.74) is -1.47. The van der Waals surface area contributed by atoms with Gasteiger partial charge in [0.15, 0.2) is 0 Å². The van der Waals surface area contributed by atoms with Gasteiger partial charge in [-0.2, -0.15) is 0 Å². The number of benzene rings is 1. The maximum atomic E-state index is 13.4. The number of hydrogen-bond donors (Lipinski definition) is 1. The number of carboxylic acid groups (broad SMARTS) is 1. The molecule has 0 radical (unpaired) electrons. The molecule has 4 nitrogen and oxygen atoms in total. The zero-order valence-corrected chi connectivity index (χ0v) is 11.3. The maximum absolute atomic E-state index is 13.4. The largest absolute Gasteiger partial charge is 0.478 e. The Kier molecular flexibility index (Phi) is 4.79. The Morgan fingerprint density at radius 3 is 2.67 bits per heavy atom. The van der Waals surface area contributed by atoms with Crippen molar-refractivity contribution in [3.8, 4) is 0 Å². The minimum absolute atomic E-state index is 0.0172. The van der Waals surface area contributed by atoms with Gasteiger partial charge < -0.3 is 5.11 Å². The average Bonchev–Trinajstić information content (AvgIpc) is 2.46. The van der Waals surface area contributed by atoms with Gasteiger partial charge in [0.05, 0.1) is 5.75 Å². The van der Waals surface area contributed by atoms with E-state index >= 15 is 0 Å². The van der Waals surface area contributed by atoms with Crippen LogP contribution in [0.4, 0.5) is 13.2 Å². The number of carboxylic acids is 1. The summed E-state index contributed by atoms with van der Waals surface area (Å²) in [5, 5.41) is 8.78. The van der Waals surface area contributed by atoms with E-state index in [-0.39, 0.29) is 11.6 Å². The molecule has 1 aromatic heterocycles. The highest BCUT2D eigenvalue weighted by molar-refractivity contribution is 7.98. The molecule has 0 aliphatic heterocycles. The SMILES string of the molecule is O=C(O)c1cnc(CSc2ccccc2F)nc1C(F)F. The number of hydrogen-bond acceptors (Lipinski definition) is 4. The molecule has 0 saturated carbocycles. The normalized spacial score (nSPS) is 10.9. The Bertz CT molecular complexity index is 668. The maximum Gasteiger partial charge on any atom is 0.339 e. The van der Waals surface area contributed by atoms with E-state index in [4.69, 9.17) is 5.11 Å². The molecule has 8 heteroatoms. The average molecular weight is 314 g/mol. The van der Waals surface area contributed by atoms with Crippen LogP contribution in [-0.4, -0.2) is 21.0 Å². The van der Waals surface area contributed by atoms with Crippen molar-refractivity contribution in [1.29, 1.82) is 0 Å². The van der Waals surface area contributed by atoms with Gasteiger partial charge in [-0.1, -0.05) is 12.1 Å². The topological polar surface area (TPSA) is 63.1 Å². The van der Waals surface area contributed by atoms with Crippen molar-refractivity contribution in [2.24, 2.45) is 0 Å². The third-order valence-corrected chi connectivity index (χ3v) is 3.54. The summed E-state index contributed by atoms with van der Waals surface area (Å²) in [7, 11) is 0. The fourth-order valence-corrected chi connectivity index (χ4v) is 2.34. The molecule has 2 aromatic rings. The summed E-state index contributed by atoms with van der Waals surface area (Å²) in [5.74, 6) is -1.87. The summed E-state index contributed by atoms with van der Waals surface area (Å²) in [4.78, 5) is 18.4. The second-order valence-corrected chi connectivity index (χ2v) is 4.93. The quantitative estimate of drug-likeness (QED) is 0.855. The summed E-state index contributed by atoms with van der Waals surface area (Å²) in [6, 6.07) is 6.00. The molecule has 0 unspecified atom stereocenters. The minimum Gasteiger partial charge on any atom is -0.478 e. The number of aromatic nitrogens is 2. The van der Waals surface area contributed by atoms with Gasteiger partial charge in [0, 0.05) is 11.1 Å². The van der Waals surface area contributed by atoms with Gasteiger partial charge in [-0.3, -0.25) is 0 Å². The van der Waals surface area contributed by atoms with E-state index in [1.165, 1.54) is 12.1 Å². The first-order valence-electron chi connectivity index (χ1n) is 5.73. The van der Waals surface area contributed by atoms with E-state index in [0.29, 0.717) is 4.90 Å². The predicted molar refractivity (Wildman–Crippen MR) is 69.9 cm³/mol. The van der Waals surface area contributed by atoms with E-state index in [1.807, 2.05) is 0 Å². The summed E-state index contributed by atoms with van der Waals surface area (Å²) >= 11 is 1.04. The van der Waals surface area contributed by atoms with Crippen LogP contribution >= 0.6 is 11.8 Å². The molecular formula is C13H9F3N2O2S. The Morgan fingerprint density at radius 1 is 1.33 bits per heavy atom. The Labute approximate surface area is 122 Å². The molecular weight excluding hydrogens is 305 g/mol. The van der Waals surface area contributed by atoms with Crippen LogP contribution < -0.4 is 0 Å². The number of carbonyl (C=O) groups is 1. The monoisotopic (exact) mass is 314 g/mol. The Morgan fingerprint density at radius 2 is 2.05 bits per heavy atom. The minimum atomic E-state index is -3.02. The molecule has 1 N–H and O–H groups in total. The van der Waals surface area contributed by atoms with Crippen LogP contribution in [0, 0.1) is 5.82 Å². The van der Waals surface area contributed by atoms with Crippen molar-refractivity contribution in [2.75, 3.05) is 0 Å². The van der Waals surface area contributed by atoms with E-state index < -0.39 is 29.5 Å². The number of rotatable bonds is 5. The van der Waals surface area contributed by atoms with Gasteiger partial charge in [0.2, 0.25) is 0 Å². The fourth-order valence-electron chi connectivity index (χ4n) is 1.54. The van der Waals surface area contributed by atoms with E-state index in [9.17, 15) is 18.0 Å². The van der Waals surface area contributed by atoms with E-state index in [1.54, 1.807) is 12.1 Å². The molecule has 0 spiro atoms. The van der Waals surface area contributed by atoms with Crippen molar-refractivity contribution in [1.82, 2.24) is 9.97 Å². The van der Waals surface area contributed by atoms with Gasteiger partial charge in [0.1, 0.15) is 22.9 Å². The van der Waals surface area contributed by atoms with Crippen LogP contribution in [0.2, 0.25) is 0 Å². The Hall–Kier alpha value is -2.09. The zero-order chi connectivity index (χ0) is 15.4. The van der Waals surface area contributed by atoms with E-state index in [2.05, 4.69) is 9.97 Å². The van der Waals surface area contributed by atoms with Crippen LogP contribution in [-0.2, 0) is 5.75 Å². The highest BCUT2D eigenvalue weighted by Crippen LogP contribution is 2.26. The molecule has 0 aliphatic carbocycles. The Balaban J connectivity index is 2.20. The van der Waals surface area contributed by atoms with Crippen molar-refractivity contribution in [3.05, 3.63) is 53.4 Å². The molecule has 0 bridgehead atoms. The standard InChI is InChI=1S/C13H9F3N2O2S/c14-8-3-1-2-4-9(8)21-6-10-17-5-7(13(19)20)11(18-10)12(15)16/h1-5,12H,6H2,(H,19,20). The van der Waals surface area contributed by atoms with Gasteiger partial charge in [0.25, 0.3) is 6.43 Å². The molecule has 1 heterocycles. The van der Waals surface area contributed by atoms with Crippen LogP contribution in [0.25, 0.3) is 0 Å². The molecule has 0 atom stereocenters. The molecule has 0 amide bonds. The number of halogens is 3. The molecule has 2 rings (SSSR count). The molecule has 0 fully saturated rings. The molecule has 21 heavy (non-hydrogen) atoms. The number of aromatic carboxylic acids is 1. The van der Waals surface area contributed by atoms with Gasteiger partial charge >= 0.3 is 5.97 Å². The van der Waals surface area contributed by atoms with Crippen LogP contribution in [0.3, 0.4) is 0 Å². The molecule has 1 aromatic carbocycles. The second-order valence-electron chi connectivity index (χ2n) is 3.91. The zero-order valence-electron chi connectivity index (χ0n) is 10.5. The fraction of sp³-hybridized carbons (Fsp3) is 0.154. The predicted octanol–water partition coefficient (Wildman–Crippen LogP) is 3.54. The smallest absolute Gasteiger partial charge is 0.339 e. The molecule has 0 aliphatic rings. The third kappa shape index (κ3) is 3.72. The van der Waals surface area contributed by atoms with Crippen LogP contribution in [0.1, 0.15) is 28.3 Å². The first-order chi connectivity index (χ1) is 9.99. The van der Waals surface area contributed by atoms with Crippen LogP contribution in [0.15, 0.2) is 35.4 Å². The lowest BCUT2D eigenvalue weighted by molar-refractivity contribution is 0.0681. The van der Waals surface area contributed by atoms with Crippen molar-refractivity contribution < 1.29 is 23.1 Å². The summed E-state index contributed by atoms with van der Waals surface area (Å²) in [6.45, 7) is 0. The van der Waals surface area contributed by atoms with E-state index in [0.717, 1.165) is 18.0 Å². The van der Waals surface area contributed by atoms with Gasteiger partial charge in [-0.05, 0) is 12.1 Å². The highest BCUT2D eigenvalue weighted by Gasteiger charge is 2.21. The summed E-state index contributed by atoms with van der Waals surface area (Å²) in [6.07, 6.45) is -2.18. The third-order valence-electron chi connectivity index (χ3n) is 2.50. The lowest BCUT2D eigenvalue weighted by Gasteiger charge is -2.07. The second kappa shape index (κ2) is 6.57. The van der Waals surface area contributed by atoms with Crippen molar-refractivity contribution in [2.45, 2.75) is 17.1 Å². The van der Waals surface area contributed by atoms with Crippen molar-refractivity contribution >= 4 is 17.7 Å². The van der Waals surface area contributed by atoms with Gasteiger partial charge in [-0.15, -0.1) is 11.8 Å². The lowest BCUT2D eigenvalue weighted by atomic mass is 10.2. The highest BCUT2D eigenvalue weighted by atomic mass is 32.2. The van der Waals surface area contributed by atoms with Gasteiger partial charge in [-0.25, -0.2) is 27.9 Å².